The van der Waals surface area contributed by atoms with E-state index < -0.39 is 11.9 Å². The lowest BCUT2D eigenvalue weighted by Gasteiger charge is -2.16. The number of ether oxygens (including phenoxy) is 1. The highest BCUT2D eigenvalue weighted by Gasteiger charge is 2.29. The first-order valence-corrected chi connectivity index (χ1v) is 13.2. The first kappa shape index (κ1) is 25.1. The van der Waals surface area contributed by atoms with E-state index in [2.05, 4.69) is 34.6 Å². The van der Waals surface area contributed by atoms with Crippen LogP contribution in [-0.2, 0) is 9.53 Å². The predicted octanol–water partition coefficient (Wildman–Crippen LogP) is 7.29. The van der Waals surface area contributed by atoms with Crippen molar-refractivity contribution in [2.24, 2.45) is 0 Å². The molecule has 0 saturated carbocycles. The van der Waals surface area contributed by atoms with Crippen molar-refractivity contribution >= 4 is 46.0 Å². The summed E-state index contributed by atoms with van der Waals surface area (Å²) in [6, 6.07) is 30.9. The van der Waals surface area contributed by atoms with Crippen LogP contribution in [0.25, 0.3) is 33.2 Å². The zero-order valence-corrected chi connectivity index (χ0v) is 22.2. The van der Waals surface area contributed by atoms with Gasteiger partial charge in [-0.15, -0.1) is 0 Å². The third-order valence-electron chi connectivity index (χ3n) is 6.96. The van der Waals surface area contributed by atoms with Gasteiger partial charge in [-0.2, -0.15) is 0 Å². The lowest BCUT2D eigenvalue weighted by molar-refractivity contribution is -0.142. The van der Waals surface area contributed by atoms with Gasteiger partial charge in [-0.05, 0) is 46.0 Å². The number of pyridine rings is 1. The van der Waals surface area contributed by atoms with Crippen LogP contribution >= 0.6 is 23.2 Å². The highest BCUT2D eigenvalue weighted by Crippen LogP contribution is 2.44. The fraction of sp³-hybridized carbons (Fsp3) is 0.0938. The second-order valence-corrected chi connectivity index (χ2v) is 10.1. The summed E-state index contributed by atoms with van der Waals surface area (Å²) in [5, 5.41) is 3.90. The Labute approximate surface area is 235 Å². The van der Waals surface area contributed by atoms with Crippen LogP contribution in [0, 0.1) is 0 Å². The third kappa shape index (κ3) is 4.76. The largest absolute Gasteiger partial charge is 0.463 e. The Balaban J connectivity index is 1.22. The van der Waals surface area contributed by atoms with Crippen LogP contribution in [0.3, 0.4) is 0 Å². The number of carbonyl (C=O) groups is 2. The molecular formula is C32H22Cl2N2O3. The quantitative estimate of drug-likeness (QED) is 0.177. The minimum Gasteiger partial charge on any atom is -0.463 e. The van der Waals surface area contributed by atoms with Gasteiger partial charge in [-0.1, -0.05) is 102 Å². The third-order valence-corrected chi connectivity index (χ3v) is 7.47. The van der Waals surface area contributed by atoms with Crippen LogP contribution in [0.5, 0.6) is 0 Å². The van der Waals surface area contributed by atoms with Gasteiger partial charge in [0.15, 0.2) is 0 Å². The Morgan fingerprint density at radius 2 is 1.46 bits per heavy atom. The molecule has 5 nitrogen and oxygen atoms in total. The van der Waals surface area contributed by atoms with Crippen molar-refractivity contribution in [1.29, 1.82) is 0 Å². The zero-order valence-electron chi connectivity index (χ0n) is 20.7. The van der Waals surface area contributed by atoms with Gasteiger partial charge < -0.3 is 10.1 Å². The maximum absolute atomic E-state index is 13.4. The number of esters is 1. The van der Waals surface area contributed by atoms with E-state index in [4.69, 9.17) is 27.9 Å². The van der Waals surface area contributed by atoms with Crippen LogP contribution in [0.15, 0.2) is 97.1 Å². The average molecular weight is 553 g/mol. The number of rotatable bonds is 6. The topological polar surface area (TPSA) is 68.3 Å². The number of nitrogens with one attached hydrogen (secondary N) is 1. The van der Waals surface area contributed by atoms with Crippen LogP contribution in [-0.4, -0.2) is 30.0 Å². The average Bonchev–Trinajstić information content (AvgIpc) is 3.28. The zero-order chi connectivity index (χ0) is 26.9. The van der Waals surface area contributed by atoms with Crippen molar-refractivity contribution in [1.82, 2.24) is 10.3 Å². The molecule has 7 heteroatoms. The number of hydrogen-bond donors (Lipinski definition) is 1. The molecule has 1 aliphatic rings. The van der Waals surface area contributed by atoms with Crippen LogP contribution < -0.4 is 5.32 Å². The number of carbonyl (C=O) groups excluding carboxylic acids is 2. The van der Waals surface area contributed by atoms with Crippen molar-refractivity contribution in [3.63, 3.8) is 0 Å². The molecule has 39 heavy (non-hydrogen) atoms. The molecule has 6 rings (SSSR count). The van der Waals surface area contributed by atoms with E-state index in [1.807, 2.05) is 54.6 Å². The minimum atomic E-state index is -0.542. The molecule has 0 unspecified atom stereocenters. The second-order valence-electron chi connectivity index (χ2n) is 9.27. The molecule has 0 saturated heterocycles. The van der Waals surface area contributed by atoms with Gasteiger partial charge in [-0.3, -0.25) is 9.59 Å². The van der Waals surface area contributed by atoms with Gasteiger partial charge in [0.05, 0.1) is 11.1 Å². The molecule has 1 aliphatic carbocycles. The highest BCUT2D eigenvalue weighted by atomic mass is 35.5. The smallest absolute Gasteiger partial charge is 0.325 e. The van der Waals surface area contributed by atoms with Crippen molar-refractivity contribution < 1.29 is 14.3 Å². The normalized spacial score (nSPS) is 12.2. The van der Waals surface area contributed by atoms with Crippen molar-refractivity contribution in [3.8, 4) is 22.3 Å². The van der Waals surface area contributed by atoms with Crippen molar-refractivity contribution in [2.75, 3.05) is 13.2 Å². The molecule has 4 aromatic carbocycles. The molecule has 0 fully saturated rings. The van der Waals surface area contributed by atoms with Crippen LogP contribution in [0.2, 0.25) is 10.2 Å². The Morgan fingerprint density at radius 3 is 2.15 bits per heavy atom. The standard InChI is InChI=1S/C32H22Cl2N2O3/c33-20-14-15-27-25(16-20)29(19-8-2-1-3-9-19)30(31(34)36-27)32(38)35-17-28(37)39-18-26-23-12-6-4-10-21(23)22-11-5-7-13-24(22)26/h1-16,26H,17-18H2,(H,35,38). The molecule has 1 amide bonds. The number of nitrogens with zero attached hydrogens (tertiary/aromatic N) is 1. The first-order valence-electron chi connectivity index (χ1n) is 12.5. The summed E-state index contributed by atoms with van der Waals surface area (Å²) in [7, 11) is 0. The molecular weight excluding hydrogens is 531 g/mol. The number of benzene rings is 4. The Hall–Kier alpha value is -4.19. The SMILES string of the molecule is O=C(CNC(=O)c1c(Cl)nc2ccc(Cl)cc2c1-c1ccccc1)OCC1c2ccccc2-c2ccccc21. The Kier molecular flexibility index (Phi) is 6.77. The maximum atomic E-state index is 13.4. The van der Waals surface area contributed by atoms with E-state index in [9.17, 15) is 9.59 Å². The summed E-state index contributed by atoms with van der Waals surface area (Å²) in [4.78, 5) is 30.6. The minimum absolute atomic E-state index is 0.0358. The highest BCUT2D eigenvalue weighted by molar-refractivity contribution is 6.35. The molecule has 0 spiro atoms. The number of aromatic nitrogens is 1. The number of halogens is 2. The number of hydrogen-bond acceptors (Lipinski definition) is 4. The van der Waals surface area contributed by atoms with Gasteiger partial charge >= 0.3 is 5.97 Å². The fourth-order valence-corrected chi connectivity index (χ4v) is 5.67. The summed E-state index contributed by atoms with van der Waals surface area (Å²) in [5.74, 6) is -1.13. The monoisotopic (exact) mass is 552 g/mol. The van der Waals surface area contributed by atoms with Gasteiger partial charge in [0.1, 0.15) is 18.3 Å². The van der Waals surface area contributed by atoms with Crippen LogP contribution in [0.1, 0.15) is 27.4 Å². The van der Waals surface area contributed by atoms with E-state index in [-0.39, 0.29) is 29.8 Å². The first-order chi connectivity index (χ1) is 19.0. The summed E-state index contributed by atoms with van der Waals surface area (Å²) in [5.41, 5.74) is 6.69. The lowest BCUT2D eigenvalue weighted by Crippen LogP contribution is -2.32. The van der Waals surface area contributed by atoms with E-state index >= 15 is 0 Å². The molecule has 1 aromatic heterocycles. The summed E-state index contributed by atoms with van der Waals surface area (Å²) < 4.78 is 5.64. The molecule has 0 bridgehead atoms. The lowest BCUT2D eigenvalue weighted by atomic mass is 9.96. The molecule has 5 aromatic rings. The molecule has 1 heterocycles. The van der Waals surface area contributed by atoms with Gasteiger partial charge in [0.25, 0.3) is 5.91 Å². The predicted molar refractivity (Wildman–Crippen MR) is 154 cm³/mol. The van der Waals surface area contributed by atoms with Gasteiger partial charge in [-0.25, -0.2) is 4.98 Å². The Morgan fingerprint density at radius 1 is 0.821 bits per heavy atom. The van der Waals surface area contributed by atoms with E-state index in [0.717, 1.165) is 27.8 Å². The summed E-state index contributed by atoms with van der Waals surface area (Å²) in [6.45, 7) is -0.137. The molecule has 0 radical (unpaired) electrons. The summed E-state index contributed by atoms with van der Waals surface area (Å²) in [6.07, 6.45) is 0. The van der Waals surface area contributed by atoms with Gasteiger partial charge in [0.2, 0.25) is 0 Å². The van der Waals surface area contributed by atoms with E-state index in [0.29, 0.717) is 21.5 Å². The second kappa shape index (κ2) is 10.5. The Bertz CT molecular complexity index is 1690. The molecule has 192 valence electrons. The summed E-state index contributed by atoms with van der Waals surface area (Å²) >= 11 is 12.8. The molecule has 1 N–H and O–H groups in total. The van der Waals surface area contributed by atoms with Crippen LogP contribution in [0.4, 0.5) is 0 Å². The van der Waals surface area contributed by atoms with E-state index in [1.165, 1.54) is 0 Å². The number of amides is 1. The van der Waals surface area contributed by atoms with Crippen molar-refractivity contribution in [3.05, 3.63) is 124 Å². The maximum Gasteiger partial charge on any atom is 0.325 e. The number of fused-ring (bicyclic) bond motifs is 4. The molecule has 0 aliphatic heterocycles. The van der Waals surface area contributed by atoms with Crippen molar-refractivity contribution in [2.45, 2.75) is 5.92 Å². The van der Waals surface area contributed by atoms with E-state index in [1.54, 1.807) is 18.2 Å². The van der Waals surface area contributed by atoms with Gasteiger partial charge in [0, 0.05) is 21.9 Å². The fourth-order valence-electron chi connectivity index (χ4n) is 5.22. The molecule has 0 atom stereocenters.